The van der Waals surface area contributed by atoms with Crippen molar-refractivity contribution < 1.29 is 9.59 Å². The zero-order valence-electron chi connectivity index (χ0n) is 23.1. The summed E-state index contributed by atoms with van der Waals surface area (Å²) in [7, 11) is 3.45. The van der Waals surface area contributed by atoms with Crippen molar-refractivity contribution in [2.75, 3.05) is 40.3 Å². The number of rotatable bonds is 6. The van der Waals surface area contributed by atoms with Gasteiger partial charge in [-0.25, -0.2) is 9.78 Å². The number of hydrogen-bond acceptors (Lipinski definition) is 5. The Hall–Kier alpha value is -2.95. The number of fused-ring (bicyclic) bond motifs is 2. The van der Waals surface area contributed by atoms with E-state index in [1.807, 2.05) is 31.5 Å². The number of amides is 3. The molecule has 9 nitrogen and oxygen atoms in total. The number of nitrogens with one attached hydrogen (secondary N) is 1. The molecule has 0 saturated carbocycles. The van der Waals surface area contributed by atoms with Crippen molar-refractivity contribution >= 4 is 39.5 Å². The number of pyridine rings is 1. The van der Waals surface area contributed by atoms with Crippen molar-refractivity contribution in [3.8, 4) is 0 Å². The van der Waals surface area contributed by atoms with Crippen LogP contribution in [-0.2, 0) is 24.2 Å². The Bertz CT molecular complexity index is 1340. The normalized spacial score (nSPS) is 19.0. The van der Waals surface area contributed by atoms with Gasteiger partial charge in [0.15, 0.2) is 0 Å². The van der Waals surface area contributed by atoms with Gasteiger partial charge in [0.05, 0.1) is 11.7 Å². The zero-order valence-corrected chi connectivity index (χ0v) is 25.5. The summed E-state index contributed by atoms with van der Waals surface area (Å²) in [5.41, 5.74) is 4.51. The fraction of sp³-hybridized carbons (Fsp3) is 0.448. The molecule has 1 unspecified atom stereocenters. The van der Waals surface area contributed by atoms with Crippen molar-refractivity contribution in [3.63, 3.8) is 0 Å². The molecular weight excluding hydrogens is 594 g/mol. The van der Waals surface area contributed by atoms with Gasteiger partial charge in [-0.05, 0) is 77.0 Å². The number of aryl methyl sites for hydroxylation is 4. The molecule has 0 radical (unpaired) electrons. The third kappa shape index (κ3) is 6.04. The van der Waals surface area contributed by atoms with Crippen molar-refractivity contribution in [1.82, 2.24) is 34.6 Å². The van der Waals surface area contributed by atoms with Crippen LogP contribution in [0.3, 0.4) is 0 Å². The summed E-state index contributed by atoms with van der Waals surface area (Å²) < 4.78 is 3.01. The summed E-state index contributed by atoms with van der Waals surface area (Å²) in [6.45, 7) is 4.70. The number of piperazine rings is 1. The van der Waals surface area contributed by atoms with E-state index >= 15 is 0 Å². The third-order valence-electron chi connectivity index (χ3n) is 7.80. The summed E-state index contributed by atoms with van der Waals surface area (Å²) in [5, 5.41) is 3.81. The molecule has 1 aliphatic heterocycles. The Labute approximate surface area is 248 Å². The van der Waals surface area contributed by atoms with E-state index in [9.17, 15) is 9.59 Å². The monoisotopic (exact) mass is 627 g/mol. The highest BCUT2D eigenvalue weighted by Crippen LogP contribution is 2.38. The van der Waals surface area contributed by atoms with E-state index in [2.05, 4.69) is 47.8 Å². The molecule has 3 heterocycles. The molecule has 0 spiro atoms. The lowest BCUT2D eigenvalue weighted by Crippen LogP contribution is -2.62. The van der Waals surface area contributed by atoms with Gasteiger partial charge in [0.1, 0.15) is 11.9 Å². The molecule has 1 fully saturated rings. The van der Waals surface area contributed by atoms with Crippen LogP contribution in [0.1, 0.15) is 40.7 Å². The van der Waals surface area contributed by atoms with Gasteiger partial charge in [0.25, 0.3) is 0 Å². The number of benzene rings is 1. The second-order valence-corrected chi connectivity index (χ2v) is 12.0. The molecule has 2 aromatic heterocycles. The topological polar surface area (TPSA) is 86.6 Å². The predicted octanol–water partition coefficient (Wildman–Crippen LogP) is 4.06. The van der Waals surface area contributed by atoms with Gasteiger partial charge in [-0.15, -0.1) is 0 Å². The second-order valence-electron chi connectivity index (χ2n) is 10.6. The van der Waals surface area contributed by atoms with Crippen molar-refractivity contribution in [2.24, 2.45) is 0 Å². The molecule has 0 bridgehead atoms. The number of carbonyl (C=O) groups is 2. The maximum Gasteiger partial charge on any atom is 0.320 e. The minimum Gasteiger partial charge on any atom is -0.354 e. The molecule has 3 aromatic rings. The molecule has 40 heavy (non-hydrogen) atoms. The van der Waals surface area contributed by atoms with E-state index in [1.165, 1.54) is 16.0 Å². The standard InChI is InChI=1S/C29H35BrClN7O2/c1-19-32-10-12-36(19)11-4-9-33-28(39)25-18-37(13-14-38(25)29(40)35(2)3)27-24-8-7-23(31)16-20(24)5-6-21-15-22(30)17-34-26(21)27/h7-8,10,12,15-17,25,27H,4-6,9,11,13-14,18H2,1-3H3,(H,33,39)/t25-,27?/m1/s1. The summed E-state index contributed by atoms with van der Waals surface area (Å²) in [4.78, 5) is 41.5. The highest BCUT2D eigenvalue weighted by Gasteiger charge is 2.40. The number of nitrogens with zero attached hydrogens (tertiary/aromatic N) is 6. The van der Waals surface area contributed by atoms with Gasteiger partial charge in [0.2, 0.25) is 5.91 Å². The zero-order chi connectivity index (χ0) is 28.4. The summed E-state index contributed by atoms with van der Waals surface area (Å²) in [6.07, 6.45) is 8.03. The first-order chi connectivity index (χ1) is 19.2. The molecule has 212 valence electrons. The molecule has 2 aliphatic rings. The summed E-state index contributed by atoms with van der Waals surface area (Å²) in [6, 6.07) is 7.26. The van der Waals surface area contributed by atoms with Crippen molar-refractivity contribution in [2.45, 2.75) is 44.8 Å². The lowest BCUT2D eigenvalue weighted by molar-refractivity contribution is -0.128. The van der Waals surface area contributed by atoms with Gasteiger partial charge in [-0.2, -0.15) is 0 Å². The molecule has 3 amide bonds. The Morgan fingerprint density at radius 3 is 2.70 bits per heavy atom. The number of halogens is 2. The van der Waals surface area contributed by atoms with Crippen LogP contribution in [0.4, 0.5) is 4.79 Å². The molecule has 1 aromatic carbocycles. The van der Waals surface area contributed by atoms with Gasteiger partial charge in [-0.3, -0.25) is 14.7 Å². The Balaban J connectivity index is 1.41. The SMILES string of the molecule is Cc1nccn1CCCNC(=O)[C@H]1CN(C2c3ccc(Cl)cc3CCc3cc(Br)cnc32)CCN1C(=O)N(C)C. The first-order valence-electron chi connectivity index (χ1n) is 13.6. The van der Waals surface area contributed by atoms with Crippen LogP contribution < -0.4 is 5.32 Å². The van der Waals surface area contributed by atoms with Gasteiger partial charge < -0.3 is 19.7 Å². The lowest BCUT2D eigenvalue weighted by atomic mass is 9.95. The largest absolute Gasteiger partial charge is 0.354 e. The van der Waals surface area contributed by atoms with E-state index in [-0.39, 0.29) is 18.0 Å². The number of imidazole rings is 1. The molecule has 2 atom stereocenters. The maximum atomic E-state index is 13.6. The fourth-order valence-corrected chi connectivity index (χ4v) is 6.32. The number of hydrogen-bond donors (Lipinski definition) is 1. The van der Waals surface area contributed by atoms with Crippen molar-refractivity contribution in [3.05, 3.63) is 80.6 Å². The average Bonchev–Trinajstić information content (AvgIpc) is 3.28. The smallest absolute Gasteiger partial charge is 0.320 e. The van der Waals surface area contributed by atoms with Gasteiger partial charge >= 0.3 is 6.03 Å². The molecule has 1 N–H and O–H groups in total. The van der Waals surface area contributed by atoms with Gasteiger partial charge in [0, 0.05) is 74.9 Å². The van der Waals surface area contributed by atoms with Crippen LogP contribution in [0.25, 0.3) is 0 Å². The fourth-order valence-electron chi connectivity index (χ4n) is 5.75. The van der Waals surface area contributed by atoms with Crippen LogP contribution >= 0.6 is 27.5 Å². The minimum atomic E-state index is -0.628. The van der Waals surface area contributed by atoms with Gasteiger partial charge in [-0.1, -0.05) is 17.7 Å². The molecular formula is C29H35BrClN7O2. The second kappa shape index (κ2) is 12.3. The number of carbonyl (C=O) groups excluding carboxylic acids is 2. The van der Waals surface area contributed by atoms with Crippen LogP contribution in [0.2, 0.25) is 5.02 Å². The lowest BCUT2D eigenvalue weighted by Gasteiger charge is -2.44. The molecule has 5 rings (SSSR count). The first-order valence-corrected chi connectivity index (χ1v) is 14.8. The highest BCUT2D eigenvalue weighted by atomic mass is 79.9. The van der Waals surface area contributed by atoms with E-state index in [4.69, 9.17) is 16.6 Å². The Kier molecular flexibility index (Phi) is 8.77. The molecule has 1 aliphatic carbocycles. The summed E-state index contributed by atoms with van der Waals surface area (Å²) >= 11 is 9.99. The van der Waals surface area contributed by atoms with Crippen LogP contribution in [0.5, 0.6) is 0 Å². The van der Waals surface area contributed by atoms with Crippen LogP contribution in [0, 0.1) is 6.92 Å². The Morgan fingerprint density at radius 2 is 1.95 bits per heavy atom. The van der Waals surface area contributed by atoms with Crippen LogP contribution in [0.15, 0.2) is 47.3 Å². The van der Waals surface area contributed by atoms with Crippen molar-refractivity contribution in [1.29, 1.82) is 0 Å². The number of urea groups is 1. The predicted molar refractivity (Wildman–Crippen MR) is 158 cm³/mol. The van der Waals surface area contributed by atoms with E-state index in [0.717, 1.165) is 47.4 Å². The van der Waals surface area contributed by atoms with E-state index < -0.39 is 6.04 Å². The maximum absolute atomic E-state index is 13.6. The first kappa shape index (κ1) is 28.6. The number of aromatic nitrogens is 3. The van der Waals surface area contributed by atoms with E-state index in [1.54, 1.807) is 25.2 Å². The quantitative estimate of drug-likeness (QED) is 0.416. The average molecular weight is 629 g/mol. The minimum absolute atomic E-state index is 0.142. The molecule has 11 heteroatoms. The van der Waals surface area contributed by atoms with E-state index in [0.29, 0.717) is 31.2 Å². The third-order valence-corrected chi connectivity index (χ3v) is 8.47. The molecule has 1 saturated heterocycles. The Morgan fingerprint density at radius 1 is 1.15 bits per heavy atom. The van der Waals surface area contributed by atoms with Crippen LogP contribution in [-0.4, -0.2) is 87.5 Å². The highest BCUT2D eigenvalue weighted by molar-refractivity contribution is 9.10. The summed E-state index contributed by atoms with van der Waals surface area (Å²) in [5.74, 6) is 0.805.